The first-order valence-electron chi connectivity index (χ1n) is 6.57. The molecule has 2 rings (SSSR count). The summed E-state index contributed by atoms with van der Waals surface area (Å²) in [5, 5.41) is 10.2. The monoisotopic (exact) mass is 354 g/mol. The van der Waals surface area contributed by atoms with Gasteiger partial charge in [0.2, 0.25) is 0 Å². The molecular weight excluding hydrogens is 336 g/mol. The minimum atomic E-state index is -0.409. The van der Waals surface area contributed by atoms with Gasteiger partial charge < -0.3 is 10.0 Å². The van der Waals surface area contributed by atoms with Gasteiger partial charge in [-0.3, -0.25) is 0 Å². The summed E-state index contributed by atoms with van der Waals surface area (Å²) in [7, 11) is 2.08. The number of aliphatic hydroxyl groups excluding tert-OH is 1. The summed E-state index contributed by atoms with van der Waals surface area (Å²) in [6.07, 6.45) is 0.323. The van der Waals surface area contributed by atoms with E-state index in [1.165, 1.54) is 4.88 Å². The van der Waals surface area contributed by atoms with Crippen LogP contribution in [0.2, 0.25) is 0 Å². The van der Waals surface area contributed by atoms with Crippen LogP contribution in [0.5, 0.6) is 0 Å². The van der Waals surface area contributed by atoms with Gasteiger partial charge >= 0.3 is 0 Å². The number of hydrogen-bond donors (Lipinski definition) is 1. The van der Waals surface area contributed by atoms with Crippen molar-refractivity contribution in [1.29, 1.82) is 0 Å². The van der Waals surface area contributed by atoms with Crippen molar-refractivity contribution in [3.05, 3.63) is 50.4 Å². The highest BCUT2D eigenvalue weighted by molar-refractivity contribution is 9.10. The number of thiazole rings is 1. The summed E-state index contributed by atoms with van der Waals surface area (Å²) < 4.78 is 1.03. The van der Waals surface area contributed by atoms with Crippen molar-refractivity contribution < 1.29 is 5.11 Å². The molecule has 0 aliphatic heterocycles. The fourth-order valence-electron chi connectivity index (χ4n) is 2.00. The molecule has 108 valence electrons. The number of rotatable bonds is 6. The average Bonchev–Trinajstić information content (AvgIpc) is 2.82. The van der Waals surface area contributed by atoms with Crippen LogP contribution in [0.25, 0.3) is 0 Å². The third kappa shape index (κ3) is 4.38. The van der Waals surface area contributed by atoms with Gasteiger partial charge in [-0.15, -0.1) is 11.3 Å². The number of halogens is 1. The predicted molar refractivity (Wildman–Crippen MR) is 86.9 cm³/mol. The van der Waals surface area contributed by atoms with Gasteiger partial charge in [0.15, 0.2) is 0 Å². The largest absolute Gasteiger partial charge is 0.388 e. The highest BCUT2D eigenvalue weighted by atomic mass is 79.9. The molecule has 0 bridgehead atoms. The fourth-order valence-corrected chi connectivity index (χ4v) is 3.12. The van der Waals surface area contributed by atoms with E-state index in [9.17, 15) is 5.11 Å². The van der Waals surface area contributed by atoms with Gasteiger partial charge in [-0.05, 0) is 38.1 Å². The topological polar surface area (TPSA) is 36.4 Å². The van der Waals surface area contributed by atoms with Gasteiger partial charge in [0.05, 0.1) is 17.3 Å². The zero-order valence-electron chi connectivity index (χ0n) is 11.7. The maximum Gasteiger partial charge on any atom is 0.0802 e. The second-order valence-corrected chi connectivity index (χ2v) is 6.81. The molecule has 0 saturated carbocycles. The summed E-state index contributed by atoms with van der Waals surface area (Å²) in [5.74, 6) is 0. The van der Waals surface area contributed by atoms with E-state index in [1.54, 1.807) is 11.3 Å². The zero-order valence-corrected chi connectivity index (χ0v) is 14.1. The number of aromatic nitrogens is 1. The van der Waals surface area contributed by atoms with Crippen molar-refractivity contribution in [2.24, 2.45) is 0 Å². The molecule has 0 saturated heterocycles. The standard InChI is InChI=1S/C15H19BrN2OS/c1-11-15(20-10-17-11)9-18(2)8-7-14(19)12-3-5-13(16)6-4-12/h3-6,10,14,19H,7-9H2,1-2H3. The van der Waals surface area contributed by atoms with Crippen molar-refractivity contribution in [1.82, 2.24) is 9.88 Å². The Morgan fingerprint density at radius 1 is 1.35 bits per heavy atom. The van der Waals surface area contributed by atoms with E-state index in [1.807, 2.05) is 36.7 Å². The Labute approximate surface area is 132 Å². The van der Waals surface area contributed by atoms with Crippen LogP contribution in [-0.4, -0.2) is 28.6 Å². The van der Waals surface area contributed by atoms with E-state index in [2.05, 4.69) is 32.9 Å². The molecule has 1 aromatic carbocycles. The van der Waals surface area contributed by atoms with Crippen LogP contribution in [0.1, 0.15) is 28.7 Å². The van der Waals surface area contributed by atoms with E-state index in [0.29, 0.717) is 0 Å². The number of hydrogen-bond acceptors (Lipinski definition) is 4. The number of aliphatic hydroxyl groups is 1. The maximum atomic E-state index is 10.2. The van der Waals surface area contributed by atoms with Crippen LogP contribution in [0.3, 0.4) is 0 Å². The molecule has 0 spiro atoms. The lowest BCUT2D eigenvalue weighted by Crippen LogP contribution is -2.20. The lowest BCUT2D eigenvalue weighted by Gasteiger charge is -2.18. The highest BCUT2D eigenvalue weighted by Crippen LogP contribution is 2.20. The van der Waals surface area contributed by atoms with E-state index < -0.39 is 6.10 Å². The van der Waals surface area contributed by atoms with Crippen LogP contribution >= 0.6 is 27.3 Å². The normalized spacial score (nSPS) is 12.8. The lowest BCUT2D eigenvalue weighted by atomic mass is 10.1. The third-order valence-electron chi connectivity index (χ3n) is 3.30. The summed E-state index contributed by atoms with van der Waals surface area (Å²) in [4.78, 5) is 7.78. The summed E-state index contributed by atoms with van der Waals surface area (Å²) in [6.45, 7) is 3.79. The van der Waals surface area contributed by atoms with Crippen molar-refractivity contribution in [3.63, 3.8) is 0 Å². The smallest absolute Gasteiger partial charge is 0.0802 e. The minimum Gasteiger partial charge on any atom is -0.388 e. The van der Waals surface area contributed by atoms with Gasteiger partial charge in [0.25, 0.3) is 0 Å². The molecule has 20 heavy (non-hydrogen) atoms. The van der Waals surface area contributed by atoms with Gasteiger partial charge in [0, 0.05) is 22.4 Å². The van der Waals surface area contributed by atoms with Crippen molar-refractivity contribution in [3.8, 4) is 0 Å². The highest BCUT2D eigenvalue weighted by Gasteiger charge is 2.10. The van der Waals surface area contributed by atoms with Crippen LogP contribution in [0.4, 0.5) is 0 Å². The molecule has 1 N–H and O–H groups in total. The van der Waals surface area contributed by atoms with Gasteiger partial charge in [0.1, 0.15) is 0 Å². The maximum absolute atomic E-state index is 10.2. The Morgan fingerprint density at radius 2 is 2.05 bits per heavy atom. The minimum absolute atomic E-state index is 0.409. The Balaban J connectivity index is 1.82. The van der Waals surface area contributed by atoms with Gasteiger partial charge in [-0.1, -0.05) is 28.1 Å². The Bertz CT molecular complexity index is 541. The van der Waals surface area contributed by atoms with E-state index >= 15 is 0 Å². The van der Waals surface area contributed by atoms with Crippen LogP contribution in [0.15, 0.2) is 34.2 Å². The van der Waals surface area contributed by atoms with Gasteiger partial charge in [-0.25, -0.2) is 4.98 Å². The zero-order chi connectivity index (χ0) is 14.5. The molecule has 0 aliphatic carbocycles. The SMILES string of the molecule is Cc1ncsc1CN(C)CCC(O)c1ccc(Br)cc1. The second-order valence-electron chi connectivity index (χ2n) is 4.95. The van der Waals surface area contributed by atoms with Gasteiger partial charge in [-0.2, -0.15) is 0 Å². The van der Waals surface area contributed by atoms with Crippen molar-refractivity contribution in [2.45, 2.75) is 26.0 Å². The molecule has 0 aliphatic rings. The summed E-state index contributed by atoms with van der Waals surface area (Å²) >= 11 is 5.09. The average molecular weight is 355 g/mol. The van der Waals surface area contributed by atoms with Crippen LogP contribution in [-0.2, 0) is 6.54 Å². The molecule has 0 amide bonds. The Morgan fingerprint density at radius 3 is 2.65 bits per heavy atom. The van der Waals surface area contributed by atoms with Crippen LogP contribution in [0, 0.1) is 6.92 Å². The van der Waals surface area contributed by atoms with E-state index in [4.69, 9.17) is 0 Å². The van der Waals surface area contributed by atoms with E-state index in [0.717, 1.165) is 35.2 Å². The predicted octanol–water partition coefficient (Wildman–Crippen LogP) is 3.77. The molecule has 1 unspecified atom stereocenters. The number of benzene rings is 1. The molecular formula is C15H19BrN2OS. The second kappa shape index (κ2) is 7.31. The van der Waals surface area contributed by atoms with Crippen molar-refractivity contribution in [2.75, 3.05) is 13.6 Å². The molecule has 2 aromatic rings. The fraction of sp³-hybridized carbons (Fsp3) is 0.400. The first-order valence-corrected chi connectivity index (χ1v) is 8.24. The molecule has 1 atom stereocenters. The Hall–Kier alpha value is -0.750. The van der Waals surface area contributed by atoms with Crippen molar-refractivity contribution >= 4 is 27.3 Å². The quantitative estimate of drug-likeness (QED) is 0.857. The molecule has 1 heterocycles. The van der Waals surface area contributed by atoms with E-state index in [-0.39, 0.29) is 0 Å². The number of nitrogens with zero attached hydrogens (tertiary/aromatic N) is 2. The molecule has 1 aromatic heterocycles. The first-order chi connectivity index (χ1) is 9.56. The summed E-state index contributed by atoms with van der Waals surface area (Å²) in [6, 6.07) is 7.84. The summed E-state index contributed by atoms with van der Waals surface area (Å²) in [5.41, 5.74) is 3.96. The number of aryl methyl sites for hydroxylation is 1. The molecule has 0 fully saturated rings. The molecule has 3 nitrogen and oxygen atoms in total. The third-order valence-corrected chi connectivity index (χ3v) is 4.75. The first kappa shape index (κ1) is 15.6. The molecule has 5 heteroatoms. The lowest BCUT2D eigenvalue weighted by molar-refractivity contribution is 0.148. The van der Waals surface area contributed by atoms with Crippen LogP contribution < -0.4 is 0 Å². The Kier molecular flexibility index (Phi) is 5.72. The molecule has 0 radical (unpaired) electrons.